The van der Waals surface area contributed by atoms with Gasteiger partial charge in [0, 0.05) is 30.6 Å². The van der Waals surface area contributed by atoms with Crippen LogP contribution in [0.5, 0.6) is 0 Å². The van der Waals surface area contributed by atoms with Crippen LogP contribution in [0.25, 0.3) is 0 Å². The lowest BCUT2D eigenvalue weighted by molar-refractivity contribution is 0.196. The number of nitrogens with zero attached hydrogens (tertiary/aromatic N) is 3. The average molecular weight is 301 g/mol. The van der Waals surface area contributed by atoms with Crippen LogP contribution in [-0.2, 0) is 0 Å². The Morgan fingerprint density at radius 2 is 1.85 bits per heavy atom. The third-order valence-corrected chi connectivity index (χ3v) is 4.81. The summed E-state index contributed by atoms with van der Waals surface area (Å²) in [6.07, 6.45) is 1.19. The summed E-state index contributed by atoms with van der Waals surface area (Å²) >= 11 is 2.00. The molecule has 1 aliphatic rings. The van der Waals surface area contributed by atoms with Gasteiger partial charge in [-0.3, -0.25) is 9.89 Å². The molecule has 5 heteroatoms. The van der Waals surface area contributed by atoms with E-state index < -0.39 is 0 Å². The average Bonchev–Trinajstić information content (AvgIpc) is 2.45. The van der Waals surface area contributed by atoms with Crippen LogP contribution in [0, 0.1) is 5.92 Å². The number of aliphatic imine (C=N–C) groups is 1. The Morgan fingerprint density at radius 3 is 2.35 bits per heavy atom. The van der Waals surface area contributed by atoms with Gasteiger partial charge in [0.15, 0.2) is 5.96 Å². The van der Waals surface area contributed by atoms with Gasteiger partial charge in [-0.1, -0.05) is 27.7 Å². The second kappa shape index (κ2) is 9.50. The summed E-state index contributed by atoms with van der Waals surface area (Å²) in [5.74, 6) is 3.78. The van der Waals surface area contributed by atoms with Gasteiger partial charge in [0.2, 0.25) is 0 Å². The molecule has 1 heterocycles. The van der Waals surface area contributed by atoms with Gasteiger partial charge >= 0.3 is 0 Å². The Labute approximate surface area is 129 Å². The Balaban J connectivity index is 2.58. The van der Waals surface area contributed by atoms with Crippen molar-refractivity contribution in [3.8, 4) is 0 Å². The molecule has 2 N–H and O–H groups in total. The molecule has 0 spiro atoms. The molecule has 0 aromatic carbocycles. The normalized spacial score (nSPS) is 18.9. The molecule has 1 atom stereocenters. The highest BCUT2D eigenvalue weighted by Crippen LogP contribution is 2.13. The Hall–Kier alpha value is -0.420. The molecule has 1 unspecified atom stereocenters. The van der Waals surface area contributed by atoms with Crippen LogP contribution in [0.2, 0.25) is 0 Å². The largest absolute Gasteiger partial charge is 0.370 e. The highest BCUT2D eigenvalue weighted by atomic mass is 32.2. The van der Waals surface area contributed by atoms with Crippen molar-refractivity contribution < 1.29 is 0 Å². The first-order valence-electron chi connectivity index (χ1n) is 7.95. The quantitative estimate of drug-likeness (QED) is 0.578. The number of nitrogens with two attached hydrogens (primary N) is 1. The van der Waals surface area contributed by atoms with Crippen LogP contribution in [0.15, 0.2) is 4.99 Å². The number of guanidine groups is 1. The molecule has 1 rings (SSSR count). The molecule has 4 nitrogen and oxygen atoms in total. The van der Waals surface area contributed by atoms with E-state index in [0.29, 0.717) is 12.0 Å². The van der Waals surface area contributed by atoms with E-state index in [2.05, 4.69) is 42.5 Å². The second-order valence-corrected chi connectivity index (χ2v) is 7.03. The standard InChI is InChI=1S/C15H32N4S/c1-5-18(6-2)14(11-13(3)4)12-17-15(16)19-7-9-20-10-8-19/h13-14H,5-12H2,1-4H3,(H2,16,17). The second-order valence-electron chi connectivity index (χ2n) is 5.80. The summed E-state index contributed by atoms with van der Waals surface area (Å²) in [5, 5.41) is 0. The molecule has 1 fully saturated rings. The zero-order chi connectivity index (χ0) is 15.0. The molecule has 118 valence electrons. The van der Waals surface area contributed by atoms with Crippen molar-refractivity contribution in [3.63, 3.8) is 0 Å². The molecule has 0 aliphatic carbocycles. The van der Waals surface area contributed by atoms with E-state index in [4.69, 9.17) is 5.73 Å². The fourth-order valence-electron chi connectivity index (χ4n) is 2.71. The number of likely N-dealkylation sites (N-methyl/N-ethyl adjacent to an activating group) is 1. The molecule has 1 aliphatic heterocycles. The first kappa shape index (κ1) is 17.6. The zero-order valence-electron chi connectivity index (χ0n) is 13.6. The van der Waals surface area contributed by atoms with E-state index in [-0.39, 0.29) is 0 Å². The predicted octanol–water partition coefficient (Wildman–Crippen LogP) is 2.11. The molecule has 0 bridgehead atoms. The minimum atomic E-state index is 0.516. The Bertz CT molecular complexity index is 284. The number of thioether (sulfide) groups is 1. The maximum Gasteiger partial charge on any atom is 0.191 e. The van der Waals surface area contributed by atoms with Crippen molar-refractivity contribution in [3.05, 3.63) is 0 Å². The van der Waals surface area contributed by atoms with Crippen molar-refractivity contribution in [1.82, 2.24) is 9.80 Å². The van der Waals surface area contributed by atoms with E-state index in [0.717, 1.165) is 38.7 Å². The molecule has 0 radical (unpaired) electrons. The fourth-order valence-corrected chi connectivity index (χ4v) is 3.62. The summed E-state index contributed by atoms with van der Waals surface area (Å²) < 4.78 is 0. The molecule has 20 heavy (non-hydrogen) atoms. The number of hydrogen-bond donors (Lipinski definition) is 1. The molecule has 1 saturated heterocycles. The van der Waals surface area contributed by atoms with E-state index in [1.165, 1.54) is 17.9 Å². The van der Waals surface area contributed by atoms with E-state index >= 15 is 0 Å². The van der Waals surface area contributed by atoms with Gasteiger partial charge in [0.25, 0.3) is 0 Å². The summed E-state index contributed by atoms with van der Waals surface area (Å²) in [6.45, 7) is 14.1. The van der Waals surface area contributed by atoms with Crippen LogP contribution >= 0.6 is 11.8 Å². The topological polar surface area (TPSA) is 44.9 Å². The van der Waals surface area contributed by atoms with Crippen LogP contribution in [0.4, 0.5) is 0 Å². The van der Waals surface area contributed by atoms with Gasteiger partial charge in [-0.15, -0.1) is 0 Å². The van der Waals surface area contributed by atoms with Gasteiger partial charge in [0.05, 0.1) is 6.54 Å². The highest BCUT2D eigenvalue weighted by molar-refractivity contribution is 7.99. The van der Waals surface area contributed by atoms with Crippen molar-refractivity contribution in [2.24, 2.45) is 16.6 Å². The Morgan fingerprint density at radius 1 is 1.25 bits per heavy atom. The minimum Gasteiger partial charge on any atom is -0.370 e. The third-order valence-electron chi connectivity index (χ3n) is 3.87. The summed E-state index contributed by atoms with van der Waals surface area (Å²) in [7, 11) is 0. The maximum atomic E-state index is 6.16. The van der Waals surface area contributed by atoms with Gasteiger partial charge in [-0.25, -0.2) is 0 Å². The van der Waals surface area contributed by atoms with Gasteiger partial charge in [-0.2, -0.15) is 11.8 Å². The lowest BCUT2D eigenvalue weighted by atomic mass is 10.0. The first-order chi connectivity index (χ1) is 9.58. The first-order valence-corrected chi connectivity index (χ1v) is 9.10. The van der Waals surface area contributed by atoms with Gasteiger partial charge < -0.3 is 10.6 Å². The Kier molecular flexibility index (Phi) is 8.38. The van der Waals surface area contributed by atoms with Crippen molar-refractivity contribution in [2.45, 2.75) is 40.2 Å². The molecular formula is C15H32N4S. The molecule has 0 aromatic rings. The lowest BCUT2D eigenvalue weighted by Gasteiger charge is -2.31. The van der Waals surface area contributed by atoms with Crippen molar-refractivity contribution in [1.29, 1.82) is 0 Å². The lowest BCUT2D eigenvalue weighted by Crippen LogP contribution is -2.44. The van der Waals surface area contributed by atoms with Gasteiger partial charge in [-0.05, 0) is 25.4 Å². The van der Waals surface area contributed by atoms with Crippen LogP contribution in [-0.4, -0.2) is 66.0 Å². The summed E-state index contributed by atoms with van der Waals surface area (Å²) in [4.78, 5) is 9.42. The summed E-state index contributed by atoms with van der Waals surface area (Å²) in [5.41, 5.74) is 6.16. The zero-order valence-corrected chi connectivity index (χ0v) is 14.5. The maximum absolute atomic E-state index is 6.16. The molecule has 0 saturated carbocycles. The van der Waals surface area contributed by atoms with Gasteiger partial charge in [0.1, 0.15) is 0 Å². The van der Waals surface area contributed by atoms with Crippen LogP contribution in [0.1, 0.15) is 34.1 Å². The van der Waals surface area contributed by atoms with E-state index in [9.17, 15) is 0 Å². The SMILES string of the molecule is CCN(CC)C(CN=C(N)N1CCSCC1)CC(C)C. The molecule has 0 aromatic heterocycles. The molecule has 0 amide bonds. The van der Waals surface area contributed by atoms with E-state index in [1.54, 1.807) is 0 Å². The monoisotopic (exact) mass is 300 g/mol. The van der Waals surface area contributed by atoms with E-state index in [1.807, 2.05) is 11.8 Å². The highest BCUT2D eigenvalue weighted by Gasteiger charge is 2.18. The van der Waals surface area contributed by atoms with Crippen molar-refractivity contribution in [2.75, 3.05) is 44.2 Å². The number of hydrogen-bond acceptors (Lipinski definition) is 3. The summed E-state index contributed by atoms with van der Waals surface area (Å²) in [6, 6.07) is 0.516. The fraction of sp³-hybridized carbons (Fsp3) is 0.933. The smallest absolute Gasteiger partial charge is 0.191 e. The third kappa shape index (κ3) is 5.92. The number of rotatable bonds is 7. The predicted molar refractivity (Wildman–Crippen MR) is 91.6 cm³/mol. The van der Waals surface area contributed by atoms with Crippen molar-refractivity contribution >= 4 is 17.7 Å². The van der Waals surface area contributed by atoms with Crippen LogP contribution < -0.4 is 5.73 Å². The molecular weight excluding hydrogens is 268 g/mol. The minimum absolute atomic E-state index is 0.516. The van der Waals surface area contributed by atoms with Crippen LogP contribution in [0.3, 0.4) is 0 Å².